The molecule has 1 N–H and O–H groups in total. The molecule has 1 atom stereocenters. The molecule has 2 nitrogen and oxygen atoms in total. The van der Waals surface area contributed by atoms with Crippen molar-refractivity contribution < 1.29 is 5.11 Å². The lowest BCUT2D eigenvalue weighted by molar-refractivity contribution is 0.0761. The molecular weight excluding hydrogens is 198 g/mol. The van der Waals surface area contributed by atoms with Gasteiger partial charge in [0.2, 0.25) is 0 Å². The molecule has 1 aliphatic heterocycles. The summed E-state index contributed by atoms with van der Waals surface area (Å²) in [6.07, 6.45) is 8.17. The van der Waals surface area contributed by atoms with Gasteiger partial charge in [0.1, 0.15) is 0 Å². The van der Waals surface area contributed by atoms with E-state index in [1.54, 1.807) is 0 Å². The van der Waals surface area contributed by atoms with Crippen molar-refractivity contribution in [3.63, 3.8) is 0 Å². The van der Waals surface area contributed by atoms with Crippen LogP contribution in [0.2, 0.25) is 0 Å². The highest BCUT2D eigenvalue weighted by Crippen LogP contribution is 2.13. The second-order valence-electron chi connectivity index (χ2n) is 4.60. The first kappa shape index (κ1) is 13.2. The van der Waals surface area contributed by atoms with Gasteiger partial charge in [-0.25, -0.2) is 0 Å². The first-order chi connectivity index (χ1) is 7.61. The highest BCUT2D eigenvalue weighted by Gasteiger charge is 2.17. The molecule has 1 fully saturated rings. The maximum atomic E-state index is 9.61. The highest BCUT2D eigenvalue weighted by molar-refractivity contribution is 5.28. The standard InChI is InChI=1S/C14H23NO/c1-4-6-13(9-12(2)3)10-15-8-5-7-14(16)11-15/h4,6,9,14,16H,2,5,7-8,10-11H2,1,3H3/b6-4-,13-9+. The molecule has 0 spiro atoms. The topological polar surface area (TPSA) is 23.5 Å². The Morgan fingerprint density at radius 2 is 2.31 bits per heavy atom. The van der Waals surface area contributed by atoms with Gasteiger partial charge in [0.15, 0.2) is 0 Å². The molecule has 0 aromatic rings. The van der Waals surface area contributed by atoms with Crippen molar-refractivity contribution in [2.24, 2.45) is 0 Å². The van der Waals surface area contributed by atoms with Crippen LogP contribution in [-0.2, 0) is 0 Å². The molecule has 0 aromatic heterocycles. The summed E-state index contributed by atoms with van der Waals surface area (Å²) >= 11 is 0. The minimum absolute atomic E-state index is 0.148. The number of aliphatic hydroxyl groups excluding tert-OH is 1. The fourth-order valence-electron chi connectivity index (χ4n) is 2.11. The summed E-state index contributed by atoms with van der Waals surface area (Å²) < 4.78 is 0. The van der Waals surface area contributed by atoms with E-state index in [-0.39, 0.29) is 6.10 Å². The zero-order valence-electron chi connectivity index (χ0n) is 10.4. The van der Waals surface area contributed by atoms with Gasteiger partial charge in [-0.05, 0) is 38.8 Å². The van der Waals surface area contributed by atoms with Crippen LogP contribution in [0.3, 0.4) is 0 Å². The van der Waals surface area contributed by atoms with E-state index in [9.17, 15) is 5.11 Å². The number of nitrogens with zero attached hydrogens (tertiary/aromatic N) is 1. The second-order valence-corrected chi connectivity index (χ2v) is 4.60. The van der Waals surface area contributed by atoms with Gasteiger partial charge in [0, 0.05) is 13.1 Å². The minimum Gasteiger partial charge on any atom is -0.392 e. The van der Waals surface area contributed by atoms with Gasteiger partial charge in [-0.1, -0.05) is 30.4 Å². The number of rotatable bonds is 4. The van der Waals surface area contributed by atoms with Crippen LogP contribution in [0, 0.1) is 0 Å². The molecule has 1 rings (SSSR count). The van der Waals surface area contributed by atoms with E-state index in [4.69, 9.17) is 0 Å². The predicted molar refractivity (Wildman–Crippen MR) is 69.4 cm³/mol. The average Bonchev–Trinajstić information content (AvgIpc) is 2.16. The van der Waals surface area contributed by atoms with Gasteiger partial charge in [0.25, 0.3) is 0 Å². The molecule has 0 bridgehead atoms. The number of hydrogen-bond donors (Lipinski definition) is 1. The minimum atomic E-state index is -0.148. The summed E-state index contributed by atoms with van der Waals surface area (Å²) in [6.45, 7) is 10.7. The van der Waals surface area contributed by atoms with E-state index < -0.39 is 0 Å². The molecular formula is C14H23NO. The van der Waals surface area contributed by atoms with Crippen LogP contribution in [0.25, 0.3) is 0 Å². The smallest absolute Gasteiger partial charge is 0.0667 e. The Morgan fingerprint density at radius 1 is 1.56 bits per heavy atom. The Morgan fingerprint density at radius 3 is 2.88 bits per heavy atom. The van der Waals surface area contributed by atoms with E-state index in [1.807, 2.05) is 13.8 Å². The molecule has 1 heterocycles. The quantitative estimate of drug-likeness (QED) is 0.737. The van der Waals surface area contributed by atoms with E-state index in [0.29, 0.717) is 0 Å². The van der Waals surface area contributed by atoms with Crippen LogP contribution in [0.15, 0.2) is 36.0 Å². The van der Waals surface area contributed by atoms with Crippen molar-refractivity contribution in [2.75, 3.05) is 19.6 Å². The third-order valence-corrected chi connectivity index (χ3v) is 2.70. The van der Waals surface area contributed by atoms with Crippen LogP contribution >= 0.6 is 0 Å². The second kappa shape index (κ2) is 6.66. The number of allylic oxidation sites excluding steroid dienone is 3. The van der Waals surface area contributed by atoms with E-state index in [0.717, 1.165) is 38.0 Å². The van der Waals surface area contributed by atoms with E-state index in [1.165, 1.54) is 5.57 Å². The highest BCUT2D eigenvalue weighted by atomic mass is 16.3. The molecule has 0 aromatic carbocycles. The molecule has 16 heavy (non-hydrogen) atoms. The Kier molecular flexibility index (Phi) is 5.50. The predicted octanol–water partition coefficient (Wildman–Crippen LogP) is 2.52. The fourth-order valence-corrected chi connectivity index (χ4v) is 2.11. The molecule has 1 saturated heterocycles. The number of hydrogen-bond acceptors (Lipinski definition) is 2. The summed E-state index contributed by atoms with van der Waals surface area (Å²) in [7, 11) is 0. The maximum Gasteiger partial charge on any atom is 0.0667 e. The molecule has 0 amide bonds. The van der Waals surface area contributed by atoms with Gasteiger partial charge in [-0.15, -0.1) is 0 Å². The third-order valence-electron chi connectivity index (χ3n) is 2.70. The van der Waals surface area contributed by atoms with Gasteiger partial charge >= 0.3 is 0 Å². The third kappa shape index (κ3) is 4.77. The number of likely N-dealkylation sites (tertiary alicyclic amines) is 1. The van der Waals surface area contributed by atoms with E-state index in [2.05, 4.69) is 29.7 Å². The Labute approximate surface area is 99.0 Å². The lowest BCUT2D eigenvalue weighted by atomic mass is 10.1. The number of β-amino-alcohol motifs (C(OH)–C–C–N with tert-alkyl or cyclic N) is 1. The molecule has 90 valence electrons. The summed E-state index contributed by atoms with van der Waals surface area (Å²) in [5.41, 5.74) is 2.34. The van der Waals surface area contributed by atoms with Crippen LogP contribution in [0.5, 0.6) is 0 Å². The lowest BCUT2D eigenvalue weighted by Crippen LogP contribution is -2.39. The maximum absolute atomic E-state index is 9.61. The monoisotopic (exact) mass is 221 g/mol. The van der Waals surface area contributed by atoms with Crippen LogP contribution in [0.1, 0.15) is 26.7 Å². The molecule has 0 radical (unpaired) electrons. The average molecular weight is 221 g/mol. The fraction of sp³-hybridized carbons (Fsp3) is 0.571. The van der Waals surface area contributed by atoms with E-state index >= 15 is 0 Å². The van der Waals surface area contributed by atoms with Crippen molar-refractivity contribution in [1.82, 2.24) is 4.90 Å². The van der Waals surface area contributed by atoms with Gasteiger partial charge in [-0.2, -0.15) is 0 Å². The zero-order chi connectivity index (χ0) is 12.0. The first-order valence-electron chi connectivity index (χ1n) is 6.01. The first-order valence-corrected chi connectivity index (χ1v) is 6.01. The normalized spacial score (nSPS) is 23.9. The largest absolute Gasteiger partial charge is 0.392 e. The van der Waals surface area contributed by atoms with Gasteiger partial charge in [-0.3, -0.25) is 4.90 Å². The van der Waals surface area contributed by atoms with Crippen molar-refractivity contribution in [3.05, 3.63) is 36.0 Å². The molecule has 2 heteroatoms. The Hall–Kier alpha value is -0.860. The molecule has 1 unspecified atom stereocenters. The van der Waals surface area contributed by atoms with Gasteiger partial charge in [0.05, 0.1) is 6.10 Å². The van der Waals surface area contributed by atoms with Crippen LogP contribution in [0.4, 0.5) is 0 Å². The van der Waals surface area contributed by atoms with Crippen molar-refractivity contribution in [2.45, 2.75) is 32.8 Å². The van der Waals surface area contributed by atoms with Crippen molar-refractivity contribution in [3.8, 4) is 0 Å². The summed E-state index contributed by atoms with van der Waals surface area (Å²) in [5.74, 6) is 0. The van der Waals surface area contributed by atoms with Crippen molar-refractivity contribution in [1.29, 1.82) is 0 Å². The molecule has 0 saturated carbocycles. The van der Waals surface area contributed by atoms with Crippen LogP contribution < -0.4 is 0 Å². The summed E-state index contributed by atoms with van der Waals surface area (Å²) in [6, 6.07) is 0. The van der Waals surface area contributed by atoms with Gasteiger partial charge < -0.3 is 5.11 Å². The number of piperidine rings is 1. The SMILES string of the molecule is C=C(C)/C=C(\C=C/C)CN1CCCC(O)C1. The lowest BCUT2D eigenvalue weighted by Gasteiger charge is -2.30. The summed E-state index contributed by atoms with van der Waals surface area (Å²) in [5, 5.41) is 9.61. The number of aliphatic hydroxyl groups is 1. The van der Waals surface area contributed by atoms with Crippen molar-refractivity contribution >= 4 is 0 Å². The zero-order valence-corrected chi connectivity index (χ0v) is 10.4. The summed E-state index contributed by atoms with van der Waals surface area (Å²) in [4.78, 5) is 2.31. The van der Waals surface area contributed by atoms with Crippen LogP contribution in [-0.4, -0.2) is 35.7 Å². The Balaban J connectivity index is 2.57. The molecule has 0 aliphatic carbocycles. The molecule has 1 aliphatic rings. The Bertz CT molecular complexity index is 291.